The van der Waals surface area contributed by atoms with Gasteiger partial charge in [-0.15, -0.1) is 0 Å². The summed E-state index contributed by atoms with van der Waals surface area (Å²) in [6.45, 7) is 6.91. The van der Waals surface area contributed by atoms with Crippen molar-refractivity contribution in [2.45, 2.75) is 27.2 Å². The number of allylic oxidation sites excluding steroid dienone is 3. The molecule has 1 atom stereocenters. The Balaban J connectivity index is 1.11. The van der Waals surface area contributed by atoms with Crippen LogP contribution in [0.1, 0.15) is 43.9 Å². The molecule has 1 aromatic heterocycles. The third-order valence-electron chi connectivity index (χ3n) is 12.8. The fourth-order valence-corrected chi connectivity index (χ4v) is 9.59. The van der Waals surface area contributed by atoms with Crippen molar-refractivity contribution < 1.29 is 4.42 Å². The maximum Gasteiger partial charge on any atom is 0.143 e. The quantitative estimate of drug-likeness (QED) is 0.171. The van der Waals surface area contributed by atoms with Crippen LogP contribution in [-0.4, -0.2) is 5.71 Å². The van der Waals surface area contributed by atoms with E-state index in [2.05, 4.69) is 209 Å². The molecule has 2 heteroatoms. The normalized spacial score (nSPS) is 17.4. The molecule has 60 heavy (non-hydrogen) atoms. The molecular formula is C58H43NO. The number of rotatable bonds is 5. The molecule has 1 aliphatic rings. The van der Waals surface area contributed by atoms with Crippen LogP contribution in [-0.2, 0) is 0 Å². The van der Waals surface area contributed by atoms with Crippen LogP contribution < -0.4 is 0 Å². The molecule has 0 saturated heterocycles. The summed E-state index contributed by atoms with van der Waals surface area (Å²) >= 11 is 0. The molecule has 0 spiro atoms. The van der Waals surface area contributed by atoms with E-state index in [0.717, 1.165) is 67.6 Å². The first-order valence-electron chi connectivity index (χ1n) is 21.0. The van der Waals surface area contributed by atoms with Gasteiger partial charge in [-0.3, -0.25) is 4.99 Å². The van der Waals surface area contributed by atoms with Gasteiger partial charge in [0.2, 0.25) is 0 Å². The first-order valence-corrected chi connectivity index (χ1v) is 21.0. The number of fused-ring (bicyclic) bond motifs is 6. The molecule has 0 amide bonds. The number of aliphatic imine (C=N–C) groups is 1. The van der Waals surface area contributed by atoms with E-state index < -0.39 is 0 Å². The van der Waals surface area contributed by atoms with Crippen molar-refractivity contribution in [1.82, 2.24) is 0 Å². The van der Waals surface area contributed by atoms with E-state index in [9.17, 15) is 0 Å². The fraction of sp³-hybridized carbons (Fsp3) is 0.0862. The monoisotopic (exact) mass is 769 g/mol. The van der Waals surface area contributed by atoms with Gasteiger partial charge in [-0.05, 0) is 104 Å². The first-order chi connectivity index (χ1) is 29.5. The Bertz CT molecular complexity index is 3430. The molecule has 0 fully saturated rings. The molecule has 1 unspecified atom stereocenters. The zero-order valence-electron chi connectivity index (χ0n) is 34.0. The number of hydrogen-bond acceptors (Lipinski definition) is 2. The van der Waals surface area contributed by atoms with Gasteiger partial charge in [-0.1, -0.05) is 182 Å². The highest BCUT2D eigenvalue weighted by Gasteiger charge is 2.26. The summed E-state index contributed by atoms with van der Waals surface area (Å²) in [6, 6.07) is 68.0. The lowest BCUT2D eigenvalue weighted by Crippen LogP contribution is -2.18. The Morgan fingerprint density at radius 1 is 0.467 bits per heavy atom. The van der Waals surface area contributed by atoms with Crippen LogP contribution in [0, 0.1) is 5.92 Å². The Hall–Kier alpha value is -7.29. The predicted molar refractivity (Wildman–Crippen MR) is 255 cm³/mol. The van der Waals surface area contributed by atoms with Gasteiger partial charge in [0, 0.05) is 33.4 Å². The van der Waals surface area contributed by atoms with Gasteiger partial charge in [0.15, 0.2) is 0 Å². The van der Waals surface area contributed by atoms with Crippen molar-refractivity contribution in [3.8, 4) is 22.3 Å². The molecule has 0 N–H and O–H groups in total. The van der Waals surface area contributed by atoms with E-state index >= 15 is 0 Å². The second-order valence-electron chi connectivity index (χ2n) is 16.3. The molecule has 0 aliphatic carbocycles. The van der Waals surface area contributed by atoms with Gasteiger partial charge >= 0.3 is 0 Å². The van der Waals surface area contributed by atoms with Gasteiger partial charge in [0.1, 0.15) is 11.2 Å². The molecule has 286 valence electrons. The number of hydrogen-bond donors (Lipinski definition) is 0. The molecule has 10 aromatic rings. The van der Waals surface area contributed by atoms with Gasteiger partial charge in [0.25, 0.3) is 0 Å². The van der Waals surface area contributed by atoms with Gasteiger partial charge in [-0.2, -0.15) is 0 Å². The highest BCUT2D eigenvalue weighted by molar-refractivity contribution is 6.21. The van der Waals surface area contributed by atoms with E-state index in [1.807, 2.05) is 0 Å². The van der Waals surface area contributed by atoms with E-state index in [1.54, 1.807) is 0 Å². The minimum Gasteiger partial charge on any atom is -0.455 e. The number of benzene rings is 9. The molecular weight excluding hydrogens is 727 g/mol. The summed E-state index contributed by atoms with van der Waals surface area (Å²) < 4.78 is 6.80. The summed E-state index contributed by atoms with van der Waals surface area (Å²) in [5.74, 6) is 0.0628. The molecule has 1 aliphatic heterocycles. The van der Waals surface area contributed by atoms with Crippen LogP contribution in [0.5, 0.6) is 0 Å². The molecule has 2 nitrogen and oxygen atoms in total. The van der Waals surface area contributed by atoms with E-state index in [1.165, 1.54) is 60.2 Å². The third-order valence-corrected chi connectivity index (χ3v) is 12.8. The van der Waals surface area contributed by atoms with Crippen molar-refractivity contribution in [1.29, 1.82) is 0 Å². The fourth-order valence-electron chi connectivity index (χ4n) is 9.59. The predicted octanol–water partition coefficient (Wildman–Crippen LogP) is 16.1. The maximum absolute atomic E-state index is 6.80. The summed E-state index contributed by atoms with van der Waals surface area (Å²) in [7, 11) is 0. The first kappa shape index (κ1) is 35.8. The minimum atomic E-state index is 0.0628. The topological polar surface area (TPSA) is 25.5 Å². The van der Waals surface area contributed by atoms with Crippen LogP contribution in [0.2, 0.25) is 0 Å². The number of para-hydroxylation sites is 1. The Labute approximate surface area is 350 Å². The lowest BCUT2D eigenvalue weighted by atomic mass is 9.81. The Morgan fingerprint density at radius 3 is 1.80 bits per heavy atom. The zero-order valence-corrected chi connectivity index (χ0v) is 34.0. The molecule has 9 aromatic carbocycles. The van der Waals surface area contributed by atoms with E-state index in [0.29, 0.717) is 0 Å². The van der Waals surface area contributed by atoms with Crippen molar-refractivity contribution in [3.05, 3.63) is 216 Å². The van der Waals surface area contributed by atoms with Crippen LogP contribution in [0.3, 0.4) is 0 Å². The van der Waals surface area contributed by atoms with Crippen molar-refractivity contribution in [2.24, 2.45) is 10.9 Å². The summed E-state index contributed by atoms with van der Waals surface area (Å²) in [5, 5.41) is 9.53. The van der Waals surface area contributed by atoms with E-state index in [-0.39, 0.29) is 5.92 Å². The SMILES string of the molecule is C/C1=C(\c2ccc3ccccc3c2)N=C(c2ccc(-c3cccc4oc5c(-c6ccc7ccccc7c6)cccc5c34)c3ccccc23)C(C)/C(C)=C(/c2ccccc2)C1. The highest BCUT2D eigenvalue weighted by Crippen LogP contribution is 2.44. The van der Waals surface area contributed by atoms with Crippen LogP contribution in [0.25, 0.3) is 87.8 Å². The maximum atomic E-state index is 6.80. The van der Waals surface area contributed by atoms with Crippen LogP contribution in [0.4, 0.5) is 0 Å². The summed E-state index contributed by atoms with van der Waals surface area (Å²) in [4.78, 5) is 5.76. The standard InChI is InChI=1S/C58H43NO/c1-36-33-53(41-17-5-4-6-18-41)37(2)38(3)57(59-56(36)45-30-28-40-16-8-10-20-43(40)35-45)51-32-31-49(47-21-11-12-22-48(47)51)50-24-14-26-54-55(50)52-25-13-23-46(58(52)60-54)44-29-27-39-15-7-9-19-42(39)34-44/h4-32,34-35,38H,33H2,1-3H3/b53-37+,56-36-,59-57?. The van der Waals surface area contributed by atoms with Gasteiger partial charge in [0.05, 0.1) is 11.4 Å². The Kier molecular flexibility index (Phi) is 8.67. The molecule has 11 rings (SSSR count). The number of furan rings is 1. The molecule has 2 heterocycles. The second kappa shape index (κ2) is 14.5. The molecule has 0 bridgehead atoms. The zero-order chi connectivity index (χ0) is 40.3. The van der Waals surface area contributed by atoms with E-state index in [4.69, 9.17) is 9.41 Å². The second-order valence-corrected chi connectivity index (χ2v) is 16.3. The summed E-state index contributed by atoms with van der Waals surface area (Å²) in [5.41, 5.74) is 16.1. The highest BCUT2D eigenvalue weighted by atomic mass is 16.3. The van der Waals surface area contributed by atoms with Crippen LogP contribution >= 0.6 is 0 Å². The van der Waals surface area contributed by atoms with Crippen molar-refractivity contribution >= 4 is 71.2 Å². The lowest BCUT2D eigenvalue weighted by Gasteiger charge is -2.26. The smallest absolute Gasteiger partial charge is 0.143 e. The Morgan fingerprint density at radius 2 is 1.05 bits per heavy atom. The van der Waals surface area contributed by atoms with Gasteiger partial charge in [-0.25, -0.2) is 0 Å². The minimum absolute atomic E-state index is 0.0628. The molecule has 0 radical (unpaired) electrons. The summed E-state index contributed by atoms with van der Waals surface area (Å²) in [6.07, 6.45) is 0.837. The third kappa shape index (κ3) is 5.98. The lowest BCUT2D eigenvalue weighted by molar-refractivity contribution is 0.670. The number of nitrogens with zero attached hydrogens (tertiary/aromatic N) is 1. The van der Waals surface area contributed by atoms with Gasteiger partial charge < -0.3 is 4.42 Å². The molecule has 0 saturated carbocycles. The average Bonchev–Trinajstić information content (AvgIpc) is 3.70. The van der Waals surface area contributed by atoms with Crippen LogP contribution in [0.15, 0.2) is 209 Å². The average molecular weight is 770 g/mol. The van der Waals surface area contributed by atoms with Crippen molar-refractivity contribution in [2.75, 3.05) is 0 Å². The largest absolute Gasteiger partial charge is 0.455 e. The van der Waals surface area contributed by atoms with Crippen molar-refractivity contribution in [3.63, 3.8) is 0 Å².